The van der Waals surface area contributed by atoms with Crippen LogP contribution in [0.25, 0.3) is 10.1 Å². The number of thiophene rings is 1. The Kier molecular flexibility index (Phi) is 3.71. The molecule has 1 aliphatic heterocycles. The minimum atomic E-state index is 0.441. The standard InChI is InChI=1S/C15H21N3S/c1-2-11-4-7-18(12(9-11)10-16)15-13-5-8-19-14(13)3-6-17-15/h3,5-6,8,11-12H,2,4,7,9-10,16H2,1H3. The Morgan fingerprint density at radius 2 is 2.37 bits per heavy atom. The maximum Gasteiger partial charge on any atom is 0.137 e. The van der Waals surface area contributed by atoms with Crippen molar-refractivity contribution in [2.24, 2.45) is 11.7 Å². The van der Waals surface area contributed by atoms with Crippen LogP contribution >= 0.6 is 11.3 Å². The van der Waals surface area contributed by atoms with E-state index >= 15 is 0 Å². The molecule has 2 aromatic rings. The smallest absolute Gasteiger partial charge is 0.137 e. The molecule has 0 bridgehead atoms. The van der Waals surface area contributed by atoms with Crippen molar-refractivity contribution in [3.8, 4) is 0 Å². The highest BCUT2D eigenvalue weighted by atomic mass is 32.1. The van der Waals surface area contributed by atoms with Crippen molar-refractivity contribution >= 4 is 27.2 Å². The molecule has 0 aromatic carbocycles. The topological polar surface area (TPSA) is 42.2 Å². The number of anilines is 1. The first-order valence-electron chi connectivity index (χ1n) is 7.12. The van der Waals surface area contributed by atoms with Gasteiger partial charge in [0.2, 0.25) is 0 Å². The predicted octanol–water partition coefficient (Wildman–Crippen LogP) is 3.25. The summed E-state index contributed by atoms with van der Waals surface area (Å²) in [6.45, 7) is 4.09. The van der Waals surface area contributed by atoms with Gasteiger partial charge in [0, 0.05) is 35.4 Å². The third kappa shape index (κ3) is 2.35. The first-order chi connectivity index (χ1) is 9.33. The Hall–Kier alpha value is -1.13. The van der Waals surface area contributed by atoms with E-state index in [-0.39, 0.29) is 0 Å². The van der Waals surface area contributed by atoms with Crippen LogP contribution in [0.4, 0.5) is 5.82 Å². The molecule has 19 heavy (non-hydrogen) atoms. The molecule has 0 aliphatic carbocycles. The highest BCUT2D eigenvalue weighted by Gasteiger charge is 2.28. The molecule has 3 nitrogen and oxygen atoms in total. The van der Waals surface area contributed by atoms with Gasteiger partial charge in [-0.1, -0.05) is 13.3 Å². The fourth-order valence-electron chi connectivity index (χ4n) is 3.12. The van der Waals surface area contributed by atoms with E-state index in [0.717, 1.165) is 24.8 Å². The molecular formula is C15H21N3S. The van der Waals surface area contributed by atoms with Crippen molar-refractivity contribution in [2.45, 2.75) is 32.2 Å². The molecule has 0 saturated carbocycles. The third-order valence-electron chi connectivity index (χ3n) is 4.30. The summed E-state index contributed by atoms with van der Waals surface area (Å²) in [4.78, 5) is 7.06. The van der Waals surface area contributed by atoms with Crippen molar-refractivity contribution in [2.75, 3.05) is 18.0 Å². The Labute approximate surface area is 118 Å². The van der Waals surface area contributed by atoms with Crippen molar-refractivity contribution in [1.82, 2.24) is 4.98 Å². The van der Waals surface area contributed by atoms with Crippen LogP contribution in [0.5, 0.6) is 0 Å². The van der Waals surface area contributed by atoms with Crippen LogP contribution in [-0.4, -0.2) is 24.1 Å². The van der Waals surface area contributed by atoms with Crippen molar-refractivity contribution < 1.29 is 0 Å². The summed E-state index contributed by atoms with van der Waals surface area (Å²) in [5.41, 5.74) is 6.00. The van der Waals surface area contributed by atoms with Gasteiger partial charge in [0.05, 0.1) is 0 Å². The fourth-order valence-corrected chi connectivity index (χ4v) is 3.89. The lowest BCUT2D eigenvalue weighted by Crippen LogP contribution is -2.47. The number of aromatic nitrogens is 1. The predicted molar refractivity (Wildman–Crippen MR) is 82.8 cm³/mol. The summed E-state index contributed by atoms with van der Waals surface area (Å²) in [7, 11) is 0. The molecule has 1 aliphatic rings. The lowest BCUT2D eigenvalue weighted by Gasteiger charge is -2.40. The summed E-state index contributed by atoms with van der Waals surface area (Å²) in [6, 6.07) is 4.72. The molecule has 1 saturated heterocycles. The normalized spacial score (nSPS) is 24.0. The zero-order valence-electron chi connectivity index (χ0n) is 11.4. The number of fused-ring (bicyclic) bond motifs is 1. The van der Waals surface area contributed by atoms with Gasteiger partial charge in [-0.3, -0.25) is 0 Å². The van der Waals surface area contributed by atoms with Crippen LogP contribution in [-0.2, 0) is 0 Å². The maximum atomic E-state index is 6.00. The van der Waals surface area contributed by atoms with Crippen LogP contribution in [0.3, 0.4) is 0 Å². The molecular weight excluding hydrogens is 254 g/mol. The molecule has 3 heterocycles. The maximum absolute atomic E-state index is 6.00. The zero-order chi connectivity index (χ0) is 13.2. The van der Waals surface area contributed by atoms with E-state index in [1.165, 1.54) is 29.3 Å². The Morgan fingerprint density at radius 3 is 3.16 bits per heavy atom. The van der Waals surface area contributed by atoms with Gasteiger partial charge in [-0.15, -0.1) is 11.3 Å². The summed E-state index contributed by atoms with van der Waals surface area (Å²) >= 11 is 1.78. The van der Waals surface area contributed by atoms with Gasteiger partial charge in [-0.2, -0.15) is 0 Å². The van der Waals surface area contributed by atoms with Gasteiger partial charge in [0.25, 0.3) is 0 Å². The average molecular weight is 275 g/mol. The average Bonchev–Trinajstić information content (AvgIpc) is 2.95. The van der Waals surface area contributed by atoms with Gasteiger partial charge in [-0.05, 0) is 36.3 Å². The first kappa shape index (κ1) is 12.9. The van der Waals surface area contributed by atoms with Gasteiger partial charge >= 0.3 is 0 Å². The van der Waals surface area contributed by atoms with Gasteiger partial charge < -0.3 is 10.6 Å². The van der Waals surface area contributed by atoms with Gasteiger partial charge in [0.1, 0.15) is 5.82 Å². The molecule has 4 heteroatoms. The second-order valence-corrected chi connectivity index (χ2v) is 6.30. The zero-order valence-corrected chi connectivity index (χ0v) is 12.2. The molecule has 2 atom stereocenters. The second-order valence-electron chi connectivity index (χ2n) is 5.35. The summed E-state index contributed by atoms with van der Waals surface area (Å²) in [6.07, 6.45) is 5.65. The molecule has 0 spiro atoms. The van der Waals surface area contributed by atoms with Crippen LogP contribution in [0.2, 0.25) is 0 Å². The molecule has 102 valence electrons. The number of nitrogens with two attached hydrogens (primary N) is 1. The number of nitrogens with zero attached hydrogens (tertiary/aromatic N) is 2. The summed E-state index contributed by atoms with van der Waals surface area (Å²) in [5, 5.41) is 3.42. The molecule has 2 aromatic heterocycles. The number of hydrogen-bond donors (Lipinski definition) is 1. The second kappa shape index (κ2) is 5.47. The minimum absolute atomic E-state index is 0.441. The number of pyridine rings is 1. The molecule has 2 N–H and O–H groups in total. The number of rotatable bonds is 3. The lowest BCUT2D eigenvalue weighted by atomic mass is 9.89. The Morgan fingerprint density at radius 1 is 1.47 bits per heavy atom. The number of hydrogen-bond acceptors (Lipinski definition) is 4. The summed E-state index contributed by atoms with van der Waals surface area (Å²) < 4.78 is 1.32. The first-order valence-corrected chi connectivity index (χ1v) is 8.00. The highest BCUT2D eigenvalue weighted by Crippen LogP contribution is 2.34. The van der Waals surface area contributed by atoms with Gasteiger partial charge in [-0.25, -0.2) is 4.98 Å². The molecule has 0 radical (unpaired) electrons. The lowest BCUT2D eigenvalue weighted by molar-refractivity contribution is 0.335. The Bertz CT molecular complexity index is 551. The summed E-state index contributed by atoms with van der Waals surface area (Å²) in [5.74, 6) is 1.95. The molecule has 2 unspecified atom stereocenters. The van der Waals surface area contributed by atoms with E-state index in [0.29, 0.717) is 6.04 Å². The van der Waals surface area contributed by atoms with Crippen LogP contribution in [0, 0.1) is 5.92 Å². The van der Waals surface area contributed by atoms with E-state index in [2.05, 4.69) is 34.3 Å². The van der Waals surface area contributed by atoms with E-state index in [4.69, 9.17) is 5.73 Å². The van der Waals surface area contributed by atoms with Crippen molar-refractivity contribution in [3.63, 3.8) is 0 Å². The molecule has 3 rings (SSSR count). The minimum Gasteiger partial charge on any atom is -0.352 e. The Balaban J connectivity index is 1.94. The van der Waals surface area contributed by atoms with E-state index < -0.39 is 0 Å². The van der Waals surface area contributed by atoms with E-state index in [9.17, 15) is 0 Å². The fraction of sp³-hybridized carbons (Fsp3) is 0.533. The van der Waals surface area contributed by atoms with Crippen LogP contribution in [0.1, 0.15) is 26.2 Å². The molecule has 1 fully saturated rings. The van der Waals surface area contributed by atoms with Crippen molar-refractivity contribution in [1.29, 1.82) is 0 Å². The van der Waals surface area contributed by atoms with E-state index in [1.807, 2.05) is 6.20 Å². The SMILES string of the molecule is CCC1CCN(c2nccc3sccc23)C(CN)C1. The largest absolute Gasteiger partial charge is 0.352 e. The van der Waals surface area contributed by atoms with Gasteiger partial charge in [0.15, 0.2) is 0 Å². The monoisotopic (exact) mass is 275 g/mol. The van der Waals surface area contributed by atoms with Crippen LogP contribution < -0.4 is 10.6 Å². The third-order valence-corrected chi connectivity index (χ3v) is 5.19. The molecule has 0 amide bonds. The van der Waals surface area contributed by atoms with E-state index in [1.54, 1.807) is 11.3 Å². The number of piperidine rings is 1. The van der Waals surface area contributed by atoms with Crippen LogP contribution in [0.15, 0.2) is 23.7 Å². The highest BCUT2D eigenvalue weighted by molar-refractivity contribution is 7.17. The quantitative estimate of drug-likeness (QED) is 0.935. The van der Waals surface area contributed by atoms with Crippen molar-refractivity contribution in [3.05, 3.63) is 23.7 Å².